The maximum absolute atomic E-state index is 13.5. The van der Waals surface area contributed by atoms with Crippen LogP contribution in [0.3, 0.4) is 0 Å². The molecule has 0 unspecified atom stereocenters. The molecule has 0 aromatic heterocycles. The summed E-state index contributed by atoms with van der Waals surface area (Å²) in [6, 6.07) is 21.6. The second kappa shape index (κ2) is 9.09. The number of carboxylic acids is 1. The molecule has 0 aliphatic carbocycles. The first-order chi connectivity index (χ1) is 16.5. The van der Waals surface area contributed by atoms with E-state index < -0.39 is 23.8 Å². The van der Waals surface area contributed by atoms with Crippen molar-refractivity contribution in [2.75, 3.05) is 20.4 Å². The Morgan fingerprint density at radius 2 is 1.68 bits per heavy atom. The summed E-state index contributed by atoms with van der Waals surface area (Å²) < 4.78 is 16.2. The van der Waals surface area contributed by atoms with Crippen LogP contribution in [0.4, 0.5) is 0 Å². The number of amides is 1. The molecule has 174 valence electrons. The Labute approximate surface area is 197 Å². The first-order valence-corrected chi connectivity index (χ1v) is 11.1. The Morgan fingerprint density at radius 1 is 0.971 bits per heavy atom. The highest BCUT2D eigenvalue weighted by Crippen LogP contribution is 2.48. The quantitative estimate of drug-likeness (QED) is 0.599. The third kappa shape index (κ3) is 4.05. The molecule has 34 heavy (non-hydrogen) atoms. The fourth-order valence-electron chi connectivity index (χ4n) is 4.93. The van der Waals surface area contributed by atoms with Crippen molar-refractivity contribution in [3.8, 4) is 17.2 Å². The number of carboxylic acid groups (broad SMARTS) is 1. The second-order valence-electron chi connectivity index (χ2n) is 8.51. The third-order valence-corrected chi connectivity index (χ3v) is 6.59. The molecule has 2 aliphatic heterocycles. The van der Waals surface area contributed by atoms with E-state index in [-0.39, 0.29) is 19.1 Å². The monoisotopic (exact) mass is 459 g/mol. The Hall–Kier alpha value is -4.00. The number of hydrogen-bond donors (Lipinski definition) is 1. The molecular formula is C27H25NO6. The number of rotatable bonds is 6. The highest BCUT2D eigenvalue weighted by molar-refractivity contribution is 5.82. The molecule has 5 rings (SSSR count). The molecule has 7 nitrogen and oxygen atoms in total. The third-order valence-electron chi connectivity index (χ3n) is 6.59. The summed E-state index contributed by atoms with van der Waals surface area (Å²) in [5, 5.41) is 10.3. The fourth-order valence-corrected chi connectivity index (χ4v) is 4.93. The molecule has 7 heteroatoms. The van der Waals surface area contributed by atoms with Crippen molar-refractivity contribution in [2.24, 2.45) is 5.92 Å². The molecule has 1 amide bonds. The van der Waals surface area contributed by atoms with E-state index in [1.165, 1.54) is 0 Å². The van der Waals surface area contributed by atoms with Crippen LogP contribution in [0.1, 0.15) is 28.7 Å². The smallest absolute Gasteiger partial charge is 0.309 e. The molecule has 2 aliphatic rings. The Balaban J connectivity index is 1.54. The molecule has 1 N–H and O–H groups in total. The molecule has 3 aromatic rings. The van der Waals surface area contributed by atoms with Gasteiger partial charge in [-0.1, -0.05) is 48.5 Å². The zero-order chi connectivity index (χ0) is 23.7. The lowest BCUT2D eigenvalue weighted by Crippen LogP contribution is -2.34. The zero-order valence-corrected chi connectivity index (χ0v) is 18.7. The van der Waals surface area contributed by atoms with Gasteiger partial charge in [0.2, 0.25) is 12.7 Å². The summed E-state index contributed by atoms with van der Waals surface area (Å²) in [5.74, 6) is -0.385. The van der Waals surface area contributed by atoms with Crippen molar-refractivity contribution < 1.29 is 28.9 Å². The van der Waals surface area contributed by atoms with Gasteiger partial charge in [-0.15, -0.1) is 0 Å². The van der Waals surface area contributed by atoms with Crippen molar-refractivity contribution in [2.45, 2.75) is 18.4 Å². The lowest BCUT2D eigenvalue weighted by Gasteiger charge is -2.27. The summed E-state index contributed by atoms with van der Waals surface area (Å²) in [7, 11) is 1.58. The van der Waals surface area contributed by atoms with E-state index in [2.05, 4.69) is 0 Å². The van der Waals surface area contributed by atoms with Gasteiger partial charge in [-0.2, -0.15) is 0 Å². The van der Waals surface area contributed by atoms with Gasteiger partial charge >= 0.3 is 5.97 Å². The van der Waals surface area contributed by atoms with E-state index in [4.69, 9.17) is 14.2 Å². The Morgan fingerprint density at radius 3 is 2.38 bits per heavy atom. The molecule has 1 saturated heterocycles. The van der Waals surface area contributed by atoms with E-state index in [9.17, 15) is 14.7 Å². The highest BCUT2D eigenvalue weighted by Gasteiger charge is 2.49. The van der Waals surface area contributed by atoms with Crippen LogP contribution < -0.4 is 14.2 Å². The van der Waals surface area contributed by atoms with Crippen molar-refractivity contribution in [3.63, 3.8) is 0 Å². The fraction of sp³-hybridized carbons (Fsp3) is 0.259. The maximum Gasteiger partial charge on any atom is 0.309 e. The van der Waals surface area contributed by atoms with E-state index in [0.717, 1.165) is 16.7 Å². The van der Waals surface area contributed by atoms with E-state index in [0.29, 0.717) is 23.8 Å². The predicted octanol–water partition coefficient (Wildman–Crippen LogP) is 4.03. The van der Waals surface area contributed by atoms with Crippen molar-refractivity contribution >= 4 is 11.9 Å². The number of likely N-dealkylation sites (tertiary alicyclic amines) is 1. The van der Waals surface area contributed by atoms with Gasteiger partial charge in [0.25, 0.3) is 0 Å². The molecule has 3 aromatic carbocycles. The summed E-state index contributed by atoms with van der Waals surface area (Å²) in [6.07, 6.45) is 0.202. The number of carbonyl (C=O) groups is 2. The van der Waals surface area contributed by atoms with E-state index in [1.807, 2.05) is 54.6 Å². The minimum Gasteiger partial charge on any atom is -0.497 e. The van der Waals surface area contributed by atoms with Crippen LogP contribution in [0.5, 0.6) is 17.2 Å². The molecule has 0 bridgehead atoms. The average molecular weight is 459 g/mol. The standard InChI is InChI=1S/C27H25NO6/c1-32-20-10-7-18(8-11-20)26-25(27(30)31)21(19-9-12-22-23(14-19)34-16-33-22)15-28(26)24(29)13-17-5-3-2-4-6-17/h2-12,14,21,25-26H,13,15-16H2,1H3,(H,30,31)/t21-,25+,26-/m1/s1. The van der Waals surface area contributed by atoms with Gasteiger partial charge in [-0.3, -0.25) is 9.59 Å². The number of ether oxygens (including phenoxy) is 3. The normalized spacial score (nSPS) is 20.9. The maximum atomic E-state index is 13.5. The summed E-state index contributed by atoms with van der Waals surface area (Å²) in [4.78, 5) is 27.9. The molecular weight excluding hydrogens is 434 g/mol. The molecule has 0 saturated carbocycles. The number of carbonyl (C=O) groups excluding carboxylic acids is 1. The molecule has 1 fully saturated rings. The van der Waals surface area contributed by atoms with Gasteiger partial charge in [0, 0.05) is 12.5 Å². The van der Waals surface area contributed by atoms with E-state index in [1.54, 1.807) is 30.2 Å². The second-order valence-corrected chi connectivity index (χ2v) is 8.51. The zero-order valence-electron chi connectivity index (χ0n) is 18.7. The summed E-state index contributed by atoms with van der Waals surface area (Å²) >= 11 is 0. The van der Waals surface area contributed by atoms with Crippen LogP contribution in [0, 0.1) is 5.92 Å². The number of aliphatic carboxylic acids is 1. The number of benzene rings is 3. The predicted molar refractivity (Wildman–Crippen MR) is 124 cm³/mol. The summed E-state index contributed by atoms with van der Waals surface area (Å²) in [5.41, 5.74) is 2.46. The Kier molecular flexibility index (Phi) is 5.84. The minimum absolute atomic E-state index is 0.110. The molecule has 2 heterocycles. The van der Waals surface area contributed by atoms with Gasteiger partial charge < -0.3 is 24.2 Å². The topological polar surface area (TPSA) is 85.3 Å². The highest BCUT2D eigenvalue weighted by atomic mass is 16.7. The van der Waals surface area contributed by atoms with Gasteiger partial charge in [-0.05, 0) is 41.0 Å². The van der Waals surface area contributed by atoms with Crippen molar-refractivity contribution in [1.29, 1.82) is 0 Å². The number of nitrogens with zero attached hydrogens (tertiary/aromatic N) is 1. The van der Waals surface area contributed by atoms with Crippen LogP contribution in [0.2, 0.25) is 0 Å². The average Bonchev–Trinajstić information content (AvgIpc) is 3.49. The van der Waals surface area contributed by atoms with Gasteiger partial charge in [0.05, 0.1) is 25.5 Å². The molecule has 0 spiro atoms. The van der Waals surface area contributed by atoms with Crippen LogP contribution in [0.15, 0.2) is 72.8 Å². The lowest BCUT2D eigenvalue weighted by atomic mass is 9.82. The van der Waals surface area contributed by atoms with Gasteiger partial charge in [0.1, 0.15) is 5.75 Å². The van der Waals surface area contributed by atoms with Crippen LogP contribution in [0.25, 0.3) is 0 Å². The largest absolute Gasteiger partial charge is 0.497 e. The number of fused-ring (bicyclic) bond motifs is 1. The molecule has 0 radical (unpaired) electrons. The van der Waals surface area contributed by atoms with Crippen LogP contribution >= 0.6 is 0 Å². The number of methoxy groups -OCH3 is 1. The van der Waals surface area contributed by atoms with Crippen molar-refractivity contribution in [3.05, 3.63) is 89.5 Å². The van der Waals surface area contributed by atoms with E-state index >= 15 is 0 Å². The lowest BCUT2D eigenvalue weighted by molar-refractivity contribution is -0.143. The van der Waals surface area contributed by atoms with Crippen LogP contribution in [-0.2, 0) is 16.0 Å². The summed E-state index contributed by atoms with van der Waals surface area (Å²) in [6.45, 7) is 0.431. The van der Waals surface area contributed by atoms with Crippen molar-refractivity contribution in [1.82, 2.24) is 4.90 Å². The SMILES string of the molecule is COc1ccc([C@@H]2[C@@H](C(=O)O)[C@@H](c3ccc4c(c3)OCO4)CN2C(=O)Cc2ccccc2)cc1. The van der Waals surface area contributed by atoms with Gasteiger partial charge in [-0.25, -0.2) is 0 Å². The van der Waals surface area contributed by atoms with Gasteiger partial charge in [0.15, 0.2) is 11.5 Å². The number of hydrogen-bond acceptors (Lipinski definition) is 5. The first kappa shape index (κ1) is 21.8. The first-order valence-electron chi connectivity index (χ1n) is 11.1. The Bertz CT molecular complexity index is 1190. The minimum atomic E-state index is -0.946. The molecule has 3 atom stereocenters. The van der Waals surface area contributed by atoms with Crippen LogP contribution in [-0.4, -0.2) is 42.3 Å².